The summed E-state index contributed by atoms with van der Waals surface area (Å²) in [7, 11) is -3.28. The Hall–Kier alpha value is -0.330. The van der Waals surface area contributed by atoms with Crippen LogP contribution in [0.4, 0.5) is 0 Å². The minimum absolute atomic E-state index is 0.00702. The number of sulfonamides is 1. The van der Waals surface area contributed by atoms with Crippen molar-refractivity contribution in [3.05, 3.63) is 0 Å². The van der Waals surface area contributed by atoms with Crippen LogP contribution in [0, 0.1) is 5.92 Å². The highest BCUT2D eigenvalue weighted by Gasteiger charge is 2.14. The predicted octanol–water partition coefficient (Wildman–Crippen LogP) is 0.0462. The van der Waals surface area contributed by atoms with Gasteiger partial charge < -0.3 is 5.73 Å². The van der Waals surface area contributed by atoms with Gasteiger partial charge in [-0.05, 0) is 12.3 Å². The molecule has 0 aliphatic rings. The number of hydrogen-bond donors (Lipinski definition) is 2. The standard InChI is InChI=1S/C8H17ClN2O3S/c1-7(5-9)6-15(13,14)11-4-2-3-8(10)12/h7,11H,2-6H2,1H3,(H2,10,12). The van der Waals surface area contributed by atoms with Gasteiger partial charge in [-0.2, -0.15) is 0 Å². The molecule has 0 aromatic heterocycles. The van der Waals surface area contributed by atoms with E-state index in [9.17, 15) is 13.2 Å². The molecule has 0 saturated carbocycles. The molecule has 0 saturated heterocycles. The molecule has 1 amide bonds. The largest absolute Gasteiger partial charge is 0.370 e. The number of carbonyl (C=O) groups excluding carboxylic acids is 1. The average Bonchev–Trinajstić information content (AvgIpc) is 2.11. The van der Waals surface area contributed by atoms with E-state index in [1.165, 1.54) is 0 Å². The van der Waals surface area contributed by atoms with E-state index in [1.807, 2.05) is 0 Å². The predicted molar refractivity (Wildman–Crippen MR) is 60.1 cm³/mol. The van der Waals surface area contributed by atoms with Gasteiger partial charge in [-0.15, -0.1) is 11.6 Å². The number of nitrogens with two attached hydrogens (primary N) is 1. The summed E-state index contributed by atoms with van der Waals surface area (Å²) < 4.78 is 25.1. The van der Waals surface area contributed by atoms with Crippen LogP contribution in [-0.4, -0.2) is 32.5 Å². The van der Waals surface area contributed by atoms with E-state index >= 15 is 0 Å². The lowest BCUT2D eigenvalue weighted by molar-refractivity contribution is -0.118. The van der Waals surface area contributed by atoms with Gasteiger partial charge in [0.15, 0.2) is 0 Å². The summed E-state index contributed by atoms with van der Waals surface area (Å²) in [5, 5.41) is 0. The molecule has 5 nitrogen and oxygen atoms in total. The zero-order valence-electron chi connectivity index (χ0n) is 8.70. The van der Waals surface area contributed by atoms with E-state index in [0.717, 1.165) is 0 Å². The normalized spacial score (nSPS) is 13.7. The van der Waals surface area contributed by atoms with Gasteiger partial charge in [-0.25, -0.2) is 13.1 Å². The zero-order valence-corrected chi connectivity index (χ0v) is 10.3. The topological polar surface area (TPSA) is 89.3 Å². The number of primary amides is 1. The fourth-order valence-corrected chi connectivity index (χ4v) is 2.65. The van der Waals surface area contributed by atoms with E-state index < -0.39 is 15.9 Å². The molecule has 0 rings (SSSR count). The van der Waals surface area contributed by atoms with Crippen molar-refractivity contribution >= 4 is 27.5 Å². The van der Waals surface area contributed by atoms with Gasteiger partial charge in [-0.3, -0.25) is 4.79 Å². The summed E-state index contributed by atoms with van der Waals surface area (Å²) in [6.07, 6.45) is 0.609. The van der Waals surface area contributed by atoms with Crippen LogP contribution in [0.5, 0.6) is 0 Å². The van der Waals surface area contributed by atoms with Crippen molar-refractivity contribution in [2.75, 3.05) is 18.2 Å². The summed E-state index contributed by atoms with van der Waals surface area (Å²) in [6.45, 7) is 2.00. The van der Waals surface area contributed by atoms with Gasteiger partial charge in [0.2, 0.25) is 15.9 Å². The van der Waals surface area contributed by atoms with Crippen molar-refractivity contribution in [3.8, 4) is 0 Å². The van der Waals surface area contributed by atoms with Gasteiger partial charge in [0.1, 0.15) is 0 Å². The fourth-order valence-electron chi connectivity index (χ4n) is 0.968. The molecule has 0 spiro atoms. The Morgan fingerprint density at radius 3 is 2.60 bits per heavy atom. The summed E-state index contributed by atoms with van der Waals surface area (Å²) >= 11 is 5.51. The van der Waals surface area contributed by atoms with Gasteiger partial charge in [0, 0.05) is 18.8 Å². The first-order valence-corrected chi connectivity index (χ1v) is 6.87. The molecule has 0 bridgehead atoms. The number of carbonyl (C=O) groups is 1. The van der Waals surface area contributed by atoms with Crippen molar-refractivity contribution in [1.29, 1.82) is 0 Å². The molecule has 1 atom stereocenters. The quantitative estimate of drug-likeness (QED) is 0.475. The summed E-state index contributed by atoms with van der Waals surface area (Å²) in [5.41, 5.74) is 4.91. The van der Waals surface area contributed by atoms with E-state index in [-0.39, 0.29) is 24.6 Å². The second-order valence-corrected chi connectivity index (χ2v) is 5.67. The Morgan fingerprint density at radius 2 is 2.13 bits per heavy atom. The van der Waals surface area contributed by atoms with Crippen molar-refractivity contribution in [3.63, 3.8) is 0 Å². The lowest BCUT2D eigenvalue weighted by Gasteiger charge is -2.09. The maximum atomic E-state index is 11.4. The van der Waals surface area contributed by atoms with Crippen molar-refractivity contribution < 1.29 is 13.2 Å². The van der Waals surface area contributed by atoms with Crippen molar-refractivity contribution in [1.82, 2.24) is 4.72 Å². The lowest BCUT2D eigenvalue weighted by atomic mass is 10.3. The first-order chi connectivity index (χ1) is 6.87. The summed E-state index contributed by atoms with van der Waals surface area (Å²) in [4.78, 5) is 10.4. The van der Waals surface area contributed by atoms with Crippen molar-refractivity contribution in [2.45, 2.75) is 19.8 Å². The van der Waals surface area contributed by atoms with Crippen molar-refractivity contribution in [2.24, 2.45) is 11.7 Å². The number of amides is 1. The molecule has 90 valence electrons. The van der Waals surface area contributed by atoms with E-state index in [1.54, 1.807) is 6.92 Å². The molecular formula is C8H17ClN2O3S. The minimum Gasteiger partial charge on any atom is -0.370 e. The highest BCUT2D eigenvalue weighted by Crippen LogP contribution is 2.02. The third kappa shape index (κ3) is 8.65. The minimum atomic E-state index is -3.28. The van der Waals surface area contributed by atoms with Crippen LogP contribution in [0.3, 0.4) is 0 Å². The third-order valence-electron chi connectivity index (χ3n) is 1.69. The van der Waals surface area contributed by atoms with Gasteiger partial charge >= 0.3 is 0 Å². The smallest absolute Gasteiger partial charge is 0.217 e. The van der Waals surface area contributed by atoms with Gasteiger partial charge in [0.25, 0.3) is 0 Å². The Balaban J connectivity index is 3.80. The Bertz CT molecular complexity index is 292. The molecule has 0 aliphatic carbocycles. The fraction of sp³-hybridized carbons (Fsp3) is 0.875. The first kappa shape index (κ1) is 14.7. The maximum Gasteiger partial charge on any atom is 0.217 e. The van der Waals surface area contributed by atoms with Crippen LogP contribution in [0.25, 0.3) is 0 Å². The lowest BCUT2D eigenvalue weighted by Crippen LogP contribution is -2.30. The second-order valence-electron chi connectivity index (χ2n) is 3.51. The molecule has 0 radical (unpaired) electrons. The molecule has 0 aromatic rings. The number of hydrogen-bond acceptors (Lipinski definition) is 3. The van der Waals surface area contributed by atoms with E-state index in [0.29, 0.717) is 12.3 Å². The average molecular weight is 257 g/mol. The SMILES string of the molecule is CC(CCl)CS(=O)(=O)NCCCC(N)=O. The molecule has 3 N–H and O–H groups in total. The summed E-state index contributed by atoms with van der Waals surface area (Å²) in [5.74, 6) is -0.196. The molecule has 1 unspecified atom stereocenters. The Morgan fingerprint density at radius 1 is 1.53 bits per heavy atom. The van der Waals surface area contributed by atoms with Crippen LogP contribution >= 0.6 is 11.6 Å². The molecule has 0 fully saturated rings. The van der Waals surface area contributed by atoms with E-state index in [2.05, 4.69) is 4.72 Å². The number of alkyl halides is 1. The number of nitrogens with one attached hydrogen (secondary N) is 1. The number of halogens is 1. The third-order valence-corrected chi connectivity index (χ3v) is 3.87. The molecular weight excluding hydrogens is 240 g/mol. The van der Waals surface area contributed by atoms with Crippen LogP contribution in [-0.2, 0) is 14.8 Å². The van der Waals surface area contributed by atoms with Crippen LogP contribution in [0.1, 0.15) is 19.8 Å². The molecule has 15 heavy (non-hydrogen) atoms. The summed E-state index contributed by atoms with van der Waals surface area (Å²) in [6, 6.07) is 0. The van der Waals surface area contributed by atoms with E-state index in [4.69, 9.17) is 17.3 Å². The second kappa shape index (κ2) is 7.03. The van der Waals surface area contributed by atoms with Crippen LogP contribution in [0.2, 0.25) is 0 Å². The Labute approximate surface area is 95.4 Å². The first-order valence-electron chi connectivity index (χ1n) is 4.69. The number of rotatable bonds is 8. The maximum absolute atomic E-state index is 11.4. The van der Waals surface area contributed by atoms with Gasteiger partial charge in [0.05, 0.1) is 5.75 Å². The highest BCUT2D eigenvalue weighted by atomic mass is 35.5. The molecule has 7 heteroatoms. The van der Waals surface area contributed by atoms with Gasteiger partial charge in [-0.1, -0.05) is 6.92 Å². The zero-order chi connectivity index (χ0) is 11.9. The van der Waals surface area contributed by atoms with Crippen LogP contribution in [0.15, 0.2) is 0 Å². The molecule has 0 heterocycles. The monoisotopic (exact) mass is 256 g/mol. The Kier molecular flexibility index (Phi) is 6.87. The van der Waals surface area contributed by atoms with Crippen LogP contribution < -0.4 is 10.5 Å². The highest BCUT2D eigenvalue weighted by molar-refractivity contribution is 7.89. The molecule has 0 aromatic carbocycles. The molecule has 0 aliphatic heterocycles.